The summed E-state index contributed by atoms with van der Waals surface area (Å²) in [6, 6.07) is 1.79. The fourth-order valence-corrected chi connectivity index (χ4v) is 1.48. The number of ether oxygens (including phenoxy) is 1. The van der Waals surface area contributed by atoms with Gasteiger partial charge in [0.1, 0.15) is 30.6 Å². The largest absolute Gasteiger partial charge is 0.394 e. The van der Waals surface area contributed by atoms with E-state index < -0.39 is 6.10 Å². The van der Waals surface area contributed by atoms with Crippen LogP contribution in [0, 0.1) is 0 Å². The van der Waals surface area contributed by atoms with Crippen molar-refractivity contribution in [2.45, 2.75) is 12.8 Å². The number of hydrogen-bond acceptors (Lipinski definition) is 6. The highest BCUT2D eigenvalue weighted by Crippen LogP contribution is 2.17. The van der Waals surface area contributed by atoms with Gasteiger partial charge in [-0.25, -0.2) is 9.97 Å². The Morgan fingerprint density at radius 1 is 1.35 bits per heavy atom. The zero-order chi connectivity index (χ0) is 12.3. The molecule has 0 radical (unpaired) electrons. The van der Waals surface area contributed by atoms with Gasteiger partial charge in [-0.1, -0.05) is 0 Å². The van der Waals surface area contributed by atoms with Crippen LogP contribution in [0.15, 0.2) is 18.6 Å². The lowest BCUT2D eigenvalue weighted by molar-refractivity contribution is -0.0486. The predicted molar refractivity (Wildman–Crippen MR) is 61.0 cm³/mol. The molecule has 2 heterocycles. The Bertz CT molecular complexity index is 495. The minimum Gasteiger partial charge on any atom is -0.394 e. The highest BCUT2D eigenvalue weighted by Gasteiger charge is 2.09. The van der Waals surface area contributed by atoms with Crippen LogP contribution in [0.5, 0.6) is 0 Å². The Morgan fingerprint density at radius 2 is 2.12 bits per heavy atom. The first kappa shape index (κ1) is 11.8. The van der Waals surface area contributed by atoms with Crippen LogP contribution in [0.2, 0.25) is 0 Å². The Labute approximate surface area is 97.5 Å². The molecule has 4 N–H and O–H groups in total. The number of nitrogens with two attached hydrogens (primary N) is 1. The first-order chi connectivity index (χ1) is 8.26. The van der Waals surface area contributed by atoms with E-state index in [4.69, 9.17) is 20.7 Å². The van der Waals surface area contributed by atoms with Crippen molar-refractivity contribution in [2.75, 3.05) is 18.9 Å². The maximum absolute atomic E-state index is 8.87. The summed E-state index contributed by atoms with van der Waals surface area (Å²) >= 11 is 0. The van der Waals surface area contributed by atoms with Crippen LogP contribution in [0.3, 0.4) is 0 Å². The van der Waals surface area contributed by atoms with Crippen molar-refractivity contribution in [3.63, 3.8) is 0 Å². The lowest BCUT2D eigenvalue weighted by atomic mass is 10.4. The highest BCUT2D eigenvalue weighted by molar-refractivity contribution is 5.85. The van der Waals surface area contributed by atoms with E-state index in [1.165, 1.54) is 6.33 Å². The fourth-order valence-electron chi connectivity index (χ4n) is 1.48. The number of anilines is 1. The Kier molecular flexibility index (Phi) is 3.52. The summed E-state index contributed by atoms with van der Waals surface area (Å²) in [6.45, 7) is -0.272. The molecule has 0 amide bonds. The van der Waals surface area contributed by atoms with E-state index >= 15 is 0 Å². The van der Waals surface area contributed by atoms with E-state index in [9.17, 15) is 0 Å². The Hall–Kier alpha value is -1.70. The molecule has 0 saturated heterocycles. The van der Waals surface area contributed by atoms with Crippen LogP contribution in [-0.4, -0.2) is 44.1 Å². The lowest BCUT2D eigenvalue weighted by Crippen LogP contribution is -2.23. The van der Waals surface area contributed by atoms with E-state index in [1.54, 1.807) is 16.8 Å². The average molecular weight is 238 g/mol. The van der Waals surface area contributed by atoms with Gasteiger partial charge in [0.15, 0.2) is 0 Å². The van der Waals surface area contributed by atoms with Crippen molar-refractivity contribution in [2.24, 2.45) is 0 Å². The quantitative estimate of drug-likeness (QED) is 0.638. The number of fused-ring (bicyclic) bond motifs is 1. The standard InChI is InChI=1S/C10H14N4O3/c11-9-8-1-2-14(10(8)13-5-12-9)6-17-7(3-15)4-16/h1-2,5,7,15-16H,3-4,6H2,(H2,11,12,13). The van der Waals surface area contributed by atoms with Gasteiger partial charge in [-0.2, -0.15) is 0 Å². The van der Waals surface area contributed by atoms with E-state index in [-0.39, 0.29) is 19.9 Å². The second kappa shape index (κ2) is 5.09. The molecule has 0 aromatic carbocycles. The highest BCUT2D eigenvalue weighted by atomic mass is 16.5. The minimum atomic E-state index is -0.591. The van der Waals surface area contributed by atoms with Gasteiger partial charge in [0.2, 0.25) is 0 Å². The van der Waals surface area contributed by atoms with Crippen molar-refractivity contribution < 1.29 is 14.9 Å². The number of hydrogen-bond donors (Lipinski definition) is 3. The predicted octanol–water partition coefficient (Wildman–Crippen LogP) is -0.659. The van der Waals surface area contributed by atoms with E-state index in [1.807, 2.05) is 0 Å². The Morgan fingerprint density at radius 3 is 2.82 bits per heavy atom. The van der Waals surface area contributed by atoms with Gasteiger partial charge in [0.05, 0.1) is 18.6 Å². The molecule has 0 unspecified atom stereocenters. The van der Waals surface area contributed by atoms with Gasteiger partial charge in [-0.15, -0.1) is 0 Å². The summed E-state index contributed by atoms with van der Waals surface area (Å²) in [5.41, 5.74) is 6.35. The third-order valence-corrected chi connectivity index (χ3v) is 2.44. The first-order valence-corrected chi connectivity index (χ1v) is 5.15. The van der Waals surface area contributed by atoms with E-state index in [0.29, 0.717) is 11.5 Å². The lowest BCUT2D eigenvalue weighted by Gasteiger charge is -2.13. The third kappa shape index (κ3) is 2.36. The number of nitrogen functional groups attached to an aromatic ring is 1. The molecule has 17 heavy (non-hydrogen) atoms. The molecule has 0 spiro atoms. The molecule has 0 bridgehead atoms. The van der Waals surface area contributed by atoms with Gasteiger partial charge >= 0.3 is 0 Å². The number of nitrogens with zero attached hydrogens (tertiary/aromatic N) is 3. The van der Waals surface area contributed by atoms with Crippen molar-refractivity contribution in [3.05, 3.63) is 18.6 Å². The molecule has 92 valence electrons. The van der Waals surface area contributed by atoms with Crippen LogP contribution in [0.4, 0.5) is 5.82 Å². The van der Waals surface area contributed by atoms with Crippen molar-refractivity contribution >= 4 is 16.9 Å². The van der Waals surface area contributed by atoms with Gasteiger partial charge in [-0.3, -0.25) is 0 Å². The molecule has 0 aliphatic rings. The van der Waals surface area contributed by atoms with Gasteiger partial charge in [0.25, 0.3) is 0 Å². The summed E-state index contributed by atoms with van der Waals surface area (Å²) in [6.07, 6.45) is 2.55. The van der Waals surface area contributed by atoms with Crippen molar-refractivity contribution in [3.8, 4) is 0 Å². The molecular weight excluding hydrogens is 224 g/mol. The second-order valence-corrected chi connectivity index (χ2v) is 3.56. The zero-order valence-electron chi connectivity index (χ0n) is 9.15. The van der Waals surface area contributed by atoms with Crippen molar-refractivity contribution in [1.82, 2.24) is 14.5 Å². The topological polar surface area (TPSA) is 106 Å². The molecule has 7 nitrogen and oxygen atoms in total. The molecule has 0 saturated carbocycles. The van der Waals surface area contributed by atoms with Crippen LogP contribution in [-0.2, 0) is 11.5 Å². The molecule has 0 fully saturated rings. The summed E-state index contributed by atoms with van der Waals surface area (Å²) in [5, 5.41) is 18.5. The molecule has 7 heteroatoms. The molecular formula is C10H14N4O3. The summed E-state index contributed by atoms with van der Waals surface area (Å²) in [4.78, 5) is 7.98. The average Bonchev–Trinajstić information content (AvgIpc) is 2.75. The molecule has 0 atom stereocenters. The van der Waals surface area contributed by atoms with Crippen LogP contribution in [0.1, 0.15) is 0 Å². The molecule has 2 aromatic rings. The fraction of sp³-hybridized carbons (Fsp3) is 0.400. The van der Waals surface area contributed by atoms with Crippen LogP contribution < -0.4 is 5.73 Å². The molecule has 2 rings (SSSR count). The summed E-state index contributed by atoms with van der Waals surface area (Å²) in [5.74, 6) is 0.412. The van der Waals surface area contributed by atoms with Gasteiger partial charge in [0, 0.05) is 6.20 Å². The van der Waals surface area contributed by atoms with Gasteiger partial charge in [-0.05, 0) is 6.07 Å². The monoisotopic (exact) mass is 238 g/mol. The number of rotatable bonds is 5. The molecule has 0 aliphatic heterocycles. The second-order valence-electron chi connectivity index (χ2n) is 3.56. The summed E-state index contributed by atoms with van der Waals surface area (Å²) in [7, 11) is 0. The van der Waals surface area contributed by atoms with E-state index in [0.717, 1.165) is 5.39 Å². The zero-order valence-corrected chi connectivity index (χ0v) is 9.15. The smallest absolute Gasteiger partial charge is 0.147 e. The maximum atomic E-state index is 8.87. The third-order valence-electron chi connectivity index (χ3n) is 2.44. The van der Waals surface area contributed by atoms with Crippen molar-refractivity contribution in [1.29, 1.82) is 0 Å². The minimum absolute atomic E-state index is 0.186. The van der Waals surface area contributed by atoms with Crippen LogP contribution >= 0.6 is 0 Å². The van der Waals surface area contributed by atoms with Crippen LogP contribution in [0.25, 0.3) is 11.0 Å². The first-order valence-electron chi connectivity index (χ1n) is 5.15. The number of aliphatic hydroxyl groups excluding tert-OH is 2. The van der Waals surface area contributed by atoms with E-state index in [2.05, 4.69) is 9.97 Å². The number of aromatic nitrogens is 3. The SMILES string of the molecule is Nc1ncnc2c1ccn2COC(CO)CO. The van der Waals surface area contributed by atoms with Gasteiger partial charge < -0.3 is 25.3 Å². The Balaban J connectivity index is 2.17. The maximum Gasteiger partial charge on any atom is 0.147 e. The summed E-state index contributed by atoms with van der Waals surface area (Å²) < 4.78 is 7.02. The number of aliphatic hydroxyl groups is 2. The molecule has 0 aliphatic carbocycles. The molecule has 2 aromatic heterocycles. The normalized spacial score (nSPS) is 11.5.